The predicted molar refractivity (Wildman–Crippen MR) is 53.7 cm³/mol. The number of nitrogens with one attached hydrogen (secondary N) is 1. The third kappa shape index (κ3) is 0.806. The lowest BCUT2D eigenvalue weighted by Gasteiger charge is -2.13. The van der Waals surface area contributed by atoms with Crippen molar-refractivity contribution in [2.45, 2.75) is 18.8 Å². The largest absolute Gasteiger partial charge is 0.315 e. The zero-order valence-electron chi connectivity index (χ0n) is 8.01. The van der Waals surface area contributed by atoms with Crippen LogP contribution in [-0.4, -0.2) is 13.1 Å². The molecule has 13 heavy (non-hydrogen) atoms. The molecule has 2 atom stereocenters. The fourth-order valence-electron chi connectivity index (χ4n) is 2.99. The SMILES string of the molecule is CC12CNCC1(c1ccccc1)C2. The second-order valence-corrected chi connectivity index (χ2v) is 4.79. The third-order valence-electron chi connectivity index (χ3n) is 3.99. The Kier molecular flexibility index (Phi) is 1.26. The standard InChI is InChI=1S/C12H15N/c1-11-7-12(11,9-13-8-11)10-5-3-2-4-6-10/h2-6,13H,7-9H2,1H3. The minimum atomic E-state index is 0.480. The fraction of sp³-hybridized carbons (Fsp3) is 0.500. The maximum atomic E-state index is 3.50. The van der Waals surface area contributed by atoms with Gasteiger partial charge in [-0.3, -0.25) is 0 Å². The lowest BCUT2D eigenvalue weighted by molar-refractivity contribution is 0.554. The van der Waals surface area contributed by atoms with Gasteiger partial charge >= 0.3 is 0 Å². The van der Waals surface area contributed by atoms with Crippen molar-refractivity contribution in [3.8, 4) is 0 Å². The van der Waals surface area contributed by atoms with E-state index in [1.165, 1.54) is 25.1 Å². The zero-order chi connectivity index (χ0) is 8.94. The van der Waals surface area contributed by atoms with E-state index in [1.807, 2.05) is 0 Å². The van der Waals surface area contributed by atoms with Crippen molar-refractivity contribution in [3.05, 3.63) is 35.9 Å². The van der Waals surface area contributed by atoms with Crippen molar-refractivity contribution in [3.63, 3.8) is 0 Å². The van der Waals surface area contributed by atoms with Gasteiger partial charge in [0.1, 0.15) is 0 Å². The van der Waals surface area contributed by atoms with Gasteiger partial charge in [-0.05, 0) is 17.4 Å². The molecule has 2 unspecified atom stereocenters. The molecular weight excluding hydrogens is 158 g/mol. The molecular formula is C12H15N. The third-order valence-corrected chi connectivity index (χ3v) is 3.99. The lowest BCUT2D eigenvalue weighted by Crippen LogP contribution is -2.18. The Morgan fingerprint density at radius 1 is 1.15 bits per heavy atom. The van der Waals surface area contributed by atoms with Gasteiger partial charge in [-0.2, -0.15) is 0 Å². The summed E-state index contributed by atoms with van der Waals surface area (Å²) in [5.41, 5.74) is 2.56. The quantitative estimate of drug-likeness (QED) is 0.684. The zero-order valence-corrected chi connectivity index (χ0v) is 8.01. The van der Waals surface area contributed by atoms with Crippen LogP contribution in [0.5, 0.6) is 0 Å². The molecule has 1 aliphatic heterocycles. The molecule has 1 aliphatic carbocycles. The molecule has 1 aromatic rings. The molecule has 1 aromatic carbocycles. The van der Waals surface area contributed by atoms with Crippen LogP contribution in [0.4, 0.5) is 0 Å². The molecule has 1 heterocycles. The Morgan fingerprint density at radius 3 is 2.46 bits per heavy atom. The van der Waals surface area contributed by atoms with Gasteiger partial charge in [0.05, 0.1) is 0 Å². The first-order chi connectivity index (χ1) is 6.27. The summed E-state index contributed by atoms with van der Waals surface area (Å²) in [6.07, 6.45) is 1.37. The van der Waals surface area contributed by atoms with Crippen LogP contribution in [0.15, 0.2) is 30.3 Å². The summed E-state index contributed by atoms with van der Waals surface area (Å²) in [5.74, 6) is 0. The van der Waals surface area contributed by atoms with Gasteiger partial charge < -0.3 is 5.32 Å². The maximum Gasteiger partial charge on any atom is 0.0150 e. The highest BCUT2D eigenvalue weighted by Gasteiger charge is 2.67. The van der Waals surface area contributed by atoms with Gasteiger partial charge in [0.25, 0.3) is 0 Å². The molecule has 1 saturated heterocycles. The van der Waals surface area contributed by atoms with Gasteiger partial charge in [0.2, 0.25) is 0 Å². The Hall–Kier alpha value is -0.820. The van der Waals surface area contributed by atoms with Crippen LogP contribution in [0.25, 0.3) is 0 Å². The van der Waals surface area contributed by atoms with E-state index in [-0.39, 0.29) is 0 Å². The van der Waals surface area contributed by atoms with Crippen LogP contribution in [-0.2, 0) is 5.41 Å². The van der Waals surface area contributed by atoms with Crippen molar-refractivity contribution < 1.29 is 0 Å². The second-order valence-electron chi connectivity index (χ2n) is 4.79. The highest BCUT2D eigenvalue weighted by atomic mass is 15.0. The Balaban J connectivity index is 2.04. The van der Waals surface area contributed by atoms with E-state index < -0.39 is 0 Å². The summed E-state index contributed by atoms with van der Waals surface area (Å²) in [5, 5.41) is 3.50. The number of hydrogen-bond acceptors (Lipinski definition) is 1. The molecule has 0 bridgehead atoms. The highest BCUT2D eigenvalue weighted by Crippen LogP contribution is 2.66. The topological polar surface area (TPSA) is 12.0 Å². The molecule has 0 aromatic heterocycles. The van der Waals surface area contributed by atoms with Gasteiger partial charge in [-0.25, -0.2) is 0 Å². The second kappa shape index (κ2) is 2.16. The first kappa shape index (κ1) is 7.57. The predicted octanol–water partition coefficient (Wildman–Crippen LogP) is 1.94. The minimum Gasteiger partial charge on any atom is -0.315 e. The first-order valence-electron chi connectivity index (χ1n) is 5.03. The molecule has 0 spiro atoms. The van der Waals surface area contributed by atoms with E-state index in [2.05, 4.69) is 42.6 Å². The molecule has 0 radical (unpaired) electrons. The average Bonchev–Trinajstić information content (AvgIpc) is 2.63. The van der Waals surface area contributed by atoms with Crippen LogP contribution in [0.2, 0.25) is 0 Å². The average molecular weight is 173 g/mol. The summed E-state index contributed by atoms with van der Waals surface area (Å²) >= 11 is 0. The molecule has 3 rings (SSSR count). The summed E-state index contributed by atoms with van der Waals surface area (Å²) in [6, 6.07) is 11.0. The fourth-order valence-corrected chi connectivity index (χ4v) is 2.99. The van der Waals surface area contributed by atoms with E-state index in [1.54, 1.807) is 0 Å². The number of hydrogen-bond donors (Lipinski definition) is 1. The van der Waals surface area contributed by atoms with E-state index in [9.17, 15) is 0 Å². The molecule has 1 nitrogen and oxygen atoms in total. The smallest absolute Gasteiger partial charge is 0.0150 e. The first-order valence-corrected chi connectivity index (χ1v) is 5.03. The van der Waals surface area contributed by atoms with Gasteiger partial charge in [-0.1, -0.05) is 37.3 Å². The van der Waals surface area contributed by atoms with Crippen molar-refractivity contribution in [1.82, 2.24) is 5.32 Å². The van der Waals surface area contributed by atoms with Crippen molar-refractivity contribution in [2.24, 2.45) is 5.41 Å². The minimum absolute atomic E-state index is 0.480. The van der Waals surface area contributed by atoms with Crippen LogP contribution in [0, 0.1) is 5.41 Å². The van der Waals surface area contributed by atoms with Crippen LogP contribution < -0.4 is 5.32 Å². The van der Waals surface area contributed by atoms with Crippen LogP contribution in [0.1, 0.15) is 18.9 Å². The van der Waals surface area contributed by atoms with E-state index in [4.69, 9.17) is 0 Å². The summed E-state index contributed by atoms with van der Waals surface area (Å²) in [7, 11) is 0. The molecule has 68 valence electrons. The number of piperidine rings is 1. The molecule has 2 aliphatic rings. The molecule has 1 saturated carbocycles. The van der Waals surface area contributed by atoms with Gasteiger partial charge in [0, 0.05) is 18.5 Å². The van der Waals surface area contributed by atoms with Crippen molar-refractivity contribution in [2.75, 3.05) is 13.1 Å². The van der Waals surface area contributed by atoms with Gasteiger partial charge in [0.15, 0.2) is 0 Å². The monoisotopic (exact) mass is 173 g/mol. The van der Waals surface area contributed by atoms with Crippen LogP contribution >= 0.6 is 0 Å². The molecule has 2 fully saturated rings. The van der Waals surface area contributed by atoms with E-state index >= 15 is 0 Å². The highest BCUT2D eigenvalue weighted by molar-refractivity contribution is 5.40. The normalized spacial score (nSPS) is 41.6. The summed E-state index contributed by atoms with van der Waals surface area (Å²) in [4.78, 5) is 0. The van der Waals surface area contributed by atoms with E-state index in [0.717, 1.165) is 0 Å². The van der Waals surface area contributed by atoms with E-state index in [0.29, 0.717) is 10.8 Å². The summed E-state index contributed by atoms with van der Waals surface area (Å²) < 4.78 is 0. The lowest BCUT2D eigenvalue weighted by atomic mass is 9.90. The Bertz CT molecular complexity index is 328. The molecule has 0 amide bonds. The Labute approximate surface area is 79.2 Å². The van der Waals surface area contributed by atoms with Crippen molar-refractivity contribution >= 4 is 0 Å². The number of rotatable bonds is 1. The summed E-state index contributed by atoms with van der Waals surface area (Å²) in [6.45, 7) is 4.77. The number of fused-ring (bicyclic) bond motifs is 1. The molecule has 1 N–H and O–H groups in total. The van der Waals surface area contributed by atoms with Gasteiger partial charge in [-0.15, -0.1) is 0 Å². The Morgan fingerprint density at radius 2 is 1.92 bits per heavy atom. The van der Waals surface area contributed by atoms with Crippen molar-refractivity contribution in [1.29, 1.82) is 0 Å². The maximum absolute atomic E-state index is 3.50. The van der Waals surface area contributed by atoms with Crippen LogP contribution in [0.3, 0.4) is 0 Å². The molecule has 1 heteroatoms. The number of benzene rings is 1.